The third kappa shape index (κ3) is 4.58. The Morgan fingerprint density at radius 1 is 1.50 bits per heavy atom. The van der Waals surface area contributed by atoms with Crippen molar-refractivity contribution in [2.45, 2.75) is 32.6 Å². The molecule has 2 nitrogen and oxygen atoms in total. The fourth-order valence-electron chi connectivity index (χ4n) is 1.68. The van der Waals surface area contributed by atoms with Crippen LogP contribution in [-0.2, 0) is 0 Å². The first kappa shape index (κ1) is 14.8. The number of halogens is 1. The van der Waals surface area contributed by atoms with Gasteiger partial charge in [0.1, 0.15) is 17.0 Å². The SMILES string of the molecule is CCCOc1ccc(F)cc1C(C)CCSC#N. The van der Waals surface area contributed by atoms with E-state index in [1.165, 1.54) is 23.9 Å². The van der Waals surface area contributed by atoms with Gasteiger partial charge in [0, 0.05) is 5.75 Å². The van der Waals surface area contributed by atoms with E-state index in [4.69, 9.17) is 10.00 Å². The molecule has 0 aliphatic rings. The van der Waals surface area contributed by atoms with Gasteiger partial charge in [-0.15, -0.1) is 0 Å². The van der Waals surface area contributed by atoms with Crippen molar-refractivity contribution in [2.24, 2.45) is 0 Å². The number of hydrogen-bond acceptors (Lipinski definition) is 3. The molecule has 0 aliphatic carbocycles. The molecule has 0 saturated heterocycles. The lowest BCUT2D eigenvalue weighted by Gasteiger charge is -2.16. The predicted molar refractivity (Wildman–Crippen MR) is 73.3 cm³/mol. The second-order valence-corrected chi connectivity index (χ2v) is 5.04. The zero-order valence-electron chi connectivity index (χ0n) is 10.8. The molecule has 0 aliphatic heterocycles. The number of thiocyanates is 1. The molecule has 98 valence electrons. The van der Waals surface area contributed by atoms with E-state index in [0.29, 0.717) is 6.61 Å². The number of hydrogen-bond donors (Lipinski definition) is 0. The Balaban J connectivity index is 2.77. The highest BCUT2D eigenvalue weighted by molar-refractivity contribution is 8.03. The average molecular weight is 267 g/mol. The minimum absolute atomic E-state index is 0.188. The molecule has 0 saturated carbocycles. The number of thioether (sulfide) groups is 1. The van der Waals surface area contributed by atoms with Crippen LogP contribution < -0.4 is 4.74 Å². The summed E-state index contributed by atoms with van der Waals surface area (Å²) >= 11 is 1.23. The number of benzene rings is 1. The third-order valence-electron chi connectivity index (χ3n) is 2.68. The number of ether oxygens (including phenoxy) is 1. The highest BCUT2D eigenvalue weighted by atomic mass is 32.2. The van der Waals surface area contributed by atoms with E-state index in [1.54, 1.807) is 6.07 Å². The van der Waals surface area contributed by atoms with Crippen molar-refractivity contribution in [2.75, 3.05) is 12.4 Å². The van der Waals surface area contributed by atoms with Gasteiger partial charge in [-0.1, -0.05) is 13.8 Å². The Hall–Kier alpha value is -1.21. The molecule has 1 atom stereocenters. The van der Waals surface area contributed by atoms with Crippen LogP contribution in [0, 0.1) is 16.5 Å². The van der Waals surface area contributed by atoms with Crippen molar-refractivity contribution in [3.63, 3.8) is 0 Å². The molecular formula is C14H18FNOS. The van der Waals surface area contributed by atoms with Gasteiger partial charge in [0.05, 0.1) is 6.61 Å². The minimum Gasteiger partial charge on any atom is -0.493 e. The second-order valence-electron chi connectivity index (χ2n) is 4.16. The molecule has 0 bridgehead atoms. The van der Waals surface area contributed by atoms with Gasteiger partial charge in [0.2, 0.25) is 0 Å². The van der Waals surface area contributed by atoms with Crippen molar-refractivity contribution < 1.29 is 9.13 Å². The monoisotopic (exact) mass is 267 g/mol. The molecule has 0 N–H and O–H groups in total. The van der Waals surface area contributed by atoms with Gasteiger partial charge in [-0.2, -0.15) is 5.26 Å². The second kappa shape index (κ2) is 7.99. The first-order valence-corrected chi connectivity index (χ1v) is 7.10. The van der Waals surface area contributed by atoms with Crippen molar-refractivity contribution >= 4 is 11.8 Å². The lowest BCUT2D eigenvalue weighted by atomic mass is 9.97. The highest BCUT2D eigenvalue weighted by Gasteiger charge is 2.13. The van der Waals surface area contributed by atoms with Crippen LogP contribution in [-0.4, -0.2) is 12.4 Å². The van der Waals surface area contributed by atoms with Crippen molar-refractivity contribution in [3.8, 4) is 11.2 Å². The lowest BCUT2D eigenvalue weighted by molar-refractivity contribution is 0.311. The number of nitrogens with zero attached hydrogens (tertiary/aromatic N) is 1. The normalized spacial score (nSPS) is 11.9. The maximum atomic E-state index is 13.3. The minimum atomic E-state index is -0.242. The quantitative estimate of drug-likeness (QED) is 0.545. The van der Waals surface area contributed by atoms with E-state index >= 15 is 0 Å². The van der Waals surface area contributed by atoms with Crippen molar-refractivity contribution in [3.05, 3.63) is 29.6 Å². The van der Waals surface area contributed by atoms with Gasteiger partial charge in [-0.05, 0) is 54.3 Å². The van der Waals surface area contributed by atoms with Crippen LogP contribution in [0.1, 0.15) is 38.2 Å². The molecule has 0 fully saturated rings. The van der Waals surface area contributed by atoms with Crippen molar-refractivity contribution in [1.29, 1.82) is 5.26 Å². The molecule has 0 spiro atoms. The van der Waals surface area contributed by atoms with Crippen LogP contribution in [0.5, 0.6) is 5.75 Å². The van der Waals surface area contributed by atoms with Crippen LogP contribution >= 0.6 is 11.8 Å². The van der Waals surface area contributed by atoms with Gasteiger partial charge in [-0.3, -0.25) is 0 Å². The van der Waals surface area contributed by atoms with Gasteiger partial charge in [-0.25, -0.2) is 4.39 Å². The molecule has 1 aromatic rings. The largest absolute Gasteiger partial charge is 0.493 e. The average Bonchev–Trinajstić information content (AvgIpc) is 2.37. The van der Waals surface area contributed by atoms with E-state index < -0.39 is 0 Å². The summed E-state index contributed by atoms with van der Waals surface area (Å²) in [5.74, 6) is 1.45. The highest BCUT2D eigenvalue weighted by Crippen LogP contribution is 2.30. The lowest BCUT2D eigenvalue weighted by Crippen LogP contribution is -2.03. The van der Waals surface area contributed by atoms with Crippen LogP contribution in [0.25, 0.3) is 0 Å². The summed E-state index contributed by atoms with van der Waals surface area (Å²) in [6.07, 6.45) is 1.76. The van der Waals surface area contributed by atoms with Crippen molar-refractivity contribution in [1.82, 2.24) is 0 Å². The Labute approximate surface area is 112 Å². The van der Waals surface area contributed by atoms with Gasteiger partial charge < -0.3 is 4.74 Å². The summed E-state index contributed by atoms with van der Waals surface area (Å²) in [4.78, 5) is 0. The van der Waals surface area contributed by atoms with E-state index in [-0.39, 0.29) is 11.7 Å². The van der Waals surface area contributed by atoms with Crippen LogP contribution in [0.2, 0.25) is 0 Å². The fourth-order valence-corrected chi connectivity index (χ4v) is 2.25. The number of nitriles is 1. The molecule has 18 heavy (non-hydrogen) atoms. The third-order valence-corrected chi connectivity index (χ3v) is 3.25. The topological polar surface area (TPSA) is 33.0 Å². The van der Waals surface area contributed by atoms with E-state index in [2.05, 4.69) is 0 Å². The first-order valence-electron chi connectivity index (χ1n) is 6.12. The molecule has 0 radical (unpaired) electrons. The zero-order valence-corrected chi connectivity index (χ0v) is 11.6. The zero-order chi connectivity index (χ0) is 13.4. The molecule has 1 unspecified atom stereocenters. The fraction of sp³-hybridized carbons (Fsp3) is 0.500. The van der Waals surface area contributed by atoms with Crippen LogP contribution in [0.4, 0.5) is 4.39 Å². The maximum Gasteiger partial charge on any atom is 0.133 e. The molecule has 4 heteroatoms. The summed E-state index contributed by atoms with van der Waals surface area (Å²) in [5, 5.41) is 10.5. The Morgan fingerprint density at radius 2 is 2.28 bits per heavy atom. The molecule has 0 heterocycles. The smallest absolute Gasteiger partial charge is 0.133 e. The summed E-state index contributed by atoms with van der Waals surface area (Å²) < 4.78 is 18.9. The predicted octanol–water partition coefficient (Wildman–Crippen LogP) is 4.32. The standard InChI is InChI=1S/C14H18FNOS/c1-3-7-17-14-5-4-12(15)9-13(14)11(2)6-8-18-10-16/h4-5,9,11H,3,6-8H2,1-2H3. The van der Waals surface area contributed by atoms with Crippen LogP contribution in [0.15, 0.2) is 18.2 Å². The van der Waals surface area contributed by atoms with Crippen LogP contribution in [0.3, 0.4) is 0 Å². The molecule has 0 amide bonds. The molecule has 1 rings (SSSR count). The Bertz CT molecular complexity index is 417. The van der Waals surface area contributed by atoms with E-state index in [1.807, 2.05) is 19.2 Å². The summed E-state index contributed by atoms with van der Waals surface area (Å²) in [6, 6.07) is 4.65. The van der Waals surface area contributed by atoms with Gasteiger partial charge in [0.25, 0.3) is 0 Å². The maximum absolute atomic E-state index is 13.3. The summed E-state index contributed by atoms with van der Waals surface area (Å²) in [6.45, 7) is 4.71. The van der Waals surface area contributed by atoms with Gasteiger partial charge in [0.15, 0.2) is 0 Å². The molecular weight excluding hydrogens is 249 g/mol. The molecule has 0 aromatic heterocycles. The number of rotatable bonds is 7. The van der Waals surface area contributed by atoms with E-state index in [9.17, 15) is 4.39 Å². The first-order chi connectivity index (χ1) is 8.69. The Morgan fingerprint density at radius 3 is 2.94 bits per heavy atom. The Kier molecular flexibility index (Phi) is 6.59. The summed E-state index contributed by atoms with van der Waals surface area (Å²) in [5.41, 5.74) is 0.891. The van der Waals surface area contributed by atoms with E-state index in [0.717, 1.165) is 29.9 Å². The van der Waals surface area contributed by atoms with Gasteiger partial charge >= 0.3 is 0 Å². The summed E-state index contributed by atoms with van der Waals surface area (Å²) in [7, 11) is 0. The molecule has 1 aromatic carbocycles.